The van der Waals surface area contributed by atoms with Crippen molar-refractivity contribution in [2.45, 2.75) is 13.3 Å². The highest BCUT2D eigenvalue weighted by Gasteiger charge is 2.12. The van der Waals surface area contributed by atoms with E-state index in [-0.39, 0.29) is 0 Å². The molecule has 0 atom stereocenters. The fourth-order valence-electron chi connectivity index (χ4n) is 1.75. The van der Waals surface area contributed by atoms with Crippen LogP contribution in [0.25, 0.3) is 0 Å². The van der Waals surface area contributed by atoms with Crippen molar-refractivity contribution < 1.29 is 29.3 Å². The van der Waals surface area contributed by atoms with Crippen molar-refractivity contribution in [2.24, 2.45) is 5.10 Å². The molecule has 0 heterocycles. The van der Waals surface area contributed by atoms with Crippen LogP contribution in [0, 0.1) is 0 Å². The Kier molecular flexibility index (Phi) is 7.38. The summed E-state index contributed by atoms with van der Waals surface area (Å²) in [5.74, 6) is -1.34. The first-order valence-electron chi connectivity index (χ1n) is 7.00. The second-order valence-electron chi connectivity index (χ2n) is 4.58. The summed E-state index contributed by atoms with van der Waals surface area (Å²) < 4.78 is 10.9. The maximum absolute atomic E-state index is 10.8. The number of carbonyl (C=O) groups is 2. The molecule has 0 aliphatic heterocycles. The van der Waals surface area contributed by atoms with Crippen molar-refractivity contribution in [3.63, 3.8) is 0 Å². The Morgan fingerprint density at radius 3 is 2.43 bits per heavy atom. The number of methoxy groups -OCH3 is 1. The number of rotatable bonds is 10. The molecule has 0 aromatic heterocycles. The van der Waals surface area contributed by atoms with Gasteiger partial charge in [0.15, 0.2) is 11.5 Å². The van der Waals surface area contributed by atoms with E-state index in [0.717, 1.165) is 11.4 Å². The van der Waals surface area contributed by atoms with Gasteiger partial charge >= 0.3 is 11.9 Å². The average molecular weight is 324 g/mol. The first-order valence-corrected chi connectivity index (χ1v) is 7.00. The number of aliphatic carboxylic acids is 2. The number of ether oxygens (including phenoxy) is 2. The van der Waals surface area contributed by atoms with E-state index in [9.17, 15) is 9.59 Å². The zero-order chi connectivity index (χ0) is 17.2. The van der Waals surface area contributed by atoms with Crippen molar-refractivity contribution >= 4 is 18.2 Å². The van der Waals surface area contributed by atoms with Gasteiger partial charge in [-0.1, -0.05) is 13.0 Å². The first kappa shape index (κ1) is 18.3. The zero-order valence-electron chi connectivity index (χ0n) is 13.1. The van der Waals surface area contributed by atoms with Crippen LogP contribution < -0.4 is 9.47 Å². The molecule has 2 N–H and O–H groups in total. The van der Waals surface area contributed by atoms with Crippen LogP contribution in [0.1, 0.15) is 18.9 Å². The SMILES string of the molecule is CCCOc1c(/C=N\N(CC(=O)O)CC(=O)O)cccc1OC. The van der Waals surface area contributed by atoms with E-state index in [0.29, 0.717) is 23.7 Å². The molecule has 1 rings (SSSR count). The van der Waals surface area contributed by atoms with E-state index in [2.05, 4.69) is 5.10 Å². The zero-order valence-corrected chi connectivity index (χ0v) is 13.1. The molecule has 0 fully saturated rings. The minimum atomic E-state index is -1.17. The van der Waals surface area contributed by atoms with Crippen LogP contribution in [0.5, 0.6) is 11.5 Å². The molecule has 126 valence electrons. The molecule has 0 aliphatic rings. The number of carboxylic acids is 2. The lowest BCUT2D eigenvalue weighted by atomic mass is 10.2. The van der Waals surface area contributed by atoms with Gasteiger partial charge in [-0.25, -0.2) is 0 Å². The number of benzene rings is 1. The van der Waals surface area contributed by atoms with Gasteiger partial charge in [0.25, 0.3) is 0 Å². The van der Waals surface area contributed by atoms with Gasteiger partial charge in [-0.05, 0) is 18.6 Å². The average Bonchev–Trinajstić information content (AvgIpc) is 2.49. The lowest BCUT2D eigenvalue weighted by Crippen LogP contribution is -2.30. The molecule has 8 nitrogen and oxygen atoms in total. The third-order valence-corrected chi connectivity index (χ3v) is 2.68. The summed E-state index contributed by atoms with van der Waals surface area (Å²) >= 11 is 0. The Labute approximate surface area is 133 Å². The maximum atomic E-state index is 10.8. The van der Waals surface area contributed by atoms with Crippen LogP contribution in [-0.4, -0.2) is 60.2 Å². The Balaban J connectivity index is 3.03. The third kappa shape index (κ3) is 6.25. The molecule has 1 aromatic carbocycles. The van der Waals surface area contributed by atoms with Gasteiger partial charge in [-0.3, -0.25) is 14.6 Å². The lowest BCUT2D eigenvalue weighted by molar-refractivity contribution is -0.141. The van der Waals surface area contributed by atoms with Crippen LogP contribution in [0.3, 0.4) is 0 Å². The molecular formula is C15H20N2O6. The van der Waals surface area contributed by atoms with Crippen molar-refractivity contribution in [3.8, 4) is 11.5 Å². The summed E-state index contributed by atoms with van der Waals surface area (Å²) in [5.41, 5.74) is 0.568. The molecule has 0 saturated carbocycles. The van der Waals surface area contributed by atoms with Crippen LogP contribution >= 0.6 is 0 Å². The molecule has 1 aromatic rings. The number of carboxylic acid groups (broad SMARTS) is 2. The van der Waals surface area contributed by atoms with Crippen LogP contribution in [-0.2, 0) is 9.59 Å². The van der Waals surface area contributed by atoms with Crippen LogP contribution in [0.2, 0.25) is 0 Å². The summed E-state index contributed by atoms with van der Waals surface area (Å²) in [5, 5.41) is 22.5. The number of para-hydroxylation sites is 1. The first-order chi connectivity index (χ1) is 11.0. The highest BCUT2D eigenvalue weighted by Crippen LogP contribution is 2.30. The molecule has 0 radical (unpaired) electrons. The predicted molar refractivity (Wildman–Crippen MR) is 83.2 cm³/mol. The summed E-state index contributed by atoms with van der Waals surface area (Å²) in [4.78, 5) is 21.5. The normalized spacial score (nSPS) is 10.5. The molecule has 0 saturated heterocycles. The van der Waals surface area contributed by atoms with E-state index in [4.69, 9.17) is 19.7 Å². The summed E-state index contributed by atoms with van der Waals surface area (Å²) in [6, 6.07) is 5.18. The highest BCUT2D eigenvalue weighted by atomic mass is 16.5. The molecule has 0 bridgehead atoms. The van der Waals surface area contributed by atoms with Crippen molar-refractivity contribution in [2.75, 3.05) is 26.8 Å². The minimum Gasteiger partial charge on any atom is -0.493 e. The quantitative estimate of drug-likeness (QED) is 0.493. The third-order valence-electron chi connectivity index (χ3n) is 2.68. The molecule has 8 heteroatoms. The van der Waals surface area contributed by atoms with Crippen molar-refractivity contribution in [1.82, 2.24) is 5.01 Å². The van der Waals surface area contributed by atoms with Crippen molar-refractivity contribution in [1.29, 1.82) is 0 Å². The van der Waals surface area contributed by atoms with E-state index >= 15 is 0 Å². The largest absolute Gasteiger partial charge is 0.493 e. The molecule has 23 heavy (non-hydrogen) atoms. The molecule has 0 spiro atoms. The maximum Gasteiger partial charge on any atom is 0.324 e. The fourth-order valence-corrected chi connectivity index (χ4v) is 1.75. The number of nitrogens with zero attached hydrogens (tertiary/aromatic N) is 2. The van der Waals surface area contributed by atoms with E-state index in [1.54, 1.807) is 18.2 Å². The summed E-state index contributed by atoms with van der Waals surface area (Å²) in [7, 11) is 1.51. The van der Waals surface area contributed by atoms with Gasteiger partial charge in [-0.2, -0.15) is 5.10 Å². The molecule has 0 amide bonds. The number of hydrazone groups is 1. The number of hydrogen-bond donors (Lipinski definition) is 2. The van der Waals surface area contributed by atoms with Crippen LogP contribution in [0.4, 0.5) is 0 Å². The monoisotopic (exact) mass is 324 g/mol. The lowest BCUT2D eigenvalue weighted by Gasteiger charge is -2.15. The van der Waals surface area contributed by atoms with Gasteiger partial charge in [0.2, 0.25) is 0 Å². The standard InChI is InChI=1S/C15H20N2O6/c1-3-7-23-15-11(5-4-6-12(15)22-2)8-16-17(9-13(18)19)10-14(20)21/h4-6,8H,3,7,9-10H2,1-2H3,(H,18,19)(H,20,21)/b16-8-. The Hall–Kier alpha value is -2.77. The molecular weight excluding hydrogens is 304 g/mol. The predicted octanol–water partition coefficient (Wildman–Crippen LogP) is 1.29. The minimum absolute atomic E-state index is 0.478. The van der Waals surface area contributed by atoms with Crippen LogP contribution in [0.15, 0.2) is 23.3 Å². The van der Waals surface area contributed by atoms with Gasteiger partial charge in [0.05, 0.1) is 19.9 Å². The van der Waals surface area contributed by atoms with E-state index in [1.807, 2.05) is 6.92 Å². The second-order valence-corrected chi connectivity index (χ2v) is 4.58. The van der Waals surface area contributed by atoms with Gasteiger partial charge in [0.1, 0.15) is 13.1 Å². The highest BCUT2D eigenvalue weighted by molar-refractivity contribution is 5.85. The summed E-state index contributed by atoms with van der Waals surface area (Å²) in [6.07, 6.45) is 2.16. The topological polar surface area (TPSA) is 109 Å². The Morgan fingerprint density at radius 2 is 1.91 bits per heavy atom. The van der Waals surface area contributed by atoms with Gasteiger partial charge < -0.3 is 19.7 Å². The van der Waals surface area contributed by atoms with E-state index in [1.165, 1.54) is 13.3 Å². The Morgan fingerprint density at radius 1 is 1.26 bits per heavy atom. The smallest absolute Gasteiger partial charge is 0.324 e. The number of hydrogen-bond acceptors (Lipinski definition) is 6. The van der Waals surface area contributed by atoms with Gasteiger partial charge in [-0.15, -0.1) is 0 Å². The van der Waals surface area contributed by atoms with Gasteiger partial charge in [0, 0.05) is 5.56 Å². The van der Waals surface area contributed by atoms with Crippen molar-refractivity contribution in [3.05, 3.63) is 23.8 Å². The molecule has 0 unspecified atom stereocenters. The summed E-state index contributed by atoms with van der Waals surface area (Å²) in [6.45, 7) is 1.41. The fraction of sp³-hybridized carbons (Fsp3) is 0.400. The molecule has 0 aliphatic carbocycles. The second kappa shape index (κ2) is 9.29. The Bertz CT molecular complexity index is 557. The van der Waals surface area contributed by atoms with E-state index < -0.39 is 25.0 Å².